The molecule has 3 aromatic heterocycles. The highest BCUT2D eigenvalue weighted by Gasteiger charge is 2.37. The molecule has 0 amide bonds. The highest BCUT2D eigenvalue weighted by atomic mass is 35.5. The fraction of sp³-hybridized carbons (Fsp3) is 0.393. The fourth-order valence-corrected chi connectivity index (χ4v) is 4.86. The monoisotopic (exact) mass is 553 g/mol. The minimum atomic E-state index is -1.89. The number of ether oxygens (including phenoxy) is 2. The maximum absolute atomic E-state index is 6.46. The number of fused-ring (bicyclic) bond motifs is 1. The summed E-state index contributed by atoms with van der Waals surface area (Å²) in [6.45, 7) is 14.5. The molecule has 8 nitrogen and oxygen atoms in total. The SMILES string of the molecule is COc1ccc(Cn2nc(NC(C)CO[Si](C)(C)C(C)(C)C)c3c(Oc4ccc(Cl)nc4)ccnc32)cc1. The highest BCUT2D eigenvalue weighted by molar-refractivity contribution is 6.74. The van der Waals surface area contributed by atoms with Crippen LogP contribution in [0.2, 0.25) is 23.3 Å². The van der Waals surface area contributed by atoms with Gasteiger partial charge in [0, 0.05) is 18.3 Å². The number of methoxy groups -OCH3 is 1. The molecule has 0 bridgehead atoms. The minimum Gasteiger partial charge on any atom is -0.497 e. The Morgan fingerprint density at radius 2 is 1.74 bits per heavy atom. The molecule has 0 aliphatic carbocycles. The van der Waals surface area contributed by atoms with Crippen molar-refractivity contribution in [3.05, 3.63) is 65.6 Å². The van der Waals surface area contributed by atoms with Gasteiger partial charge in [0.1, 0.15) is 27.8 Å². The summed E-state index contributed by atoms with van der Waals surface area (Å²) in [5.41, 5.74) is 1.78. The fourth-order valence-electron chi connectivity index (χ4n) is 3.64. The van der Waals surface area contributed by atoms with Gasteiger partial charge in [0.25, 0.3) is 0 Å². The molecule has 0 spiro atoms. The Hall–Kier alpha value is -3.14. The third-order valence-corrected chi connectivity index (χ3v) is 11.6. The molecule has 0 fully saturated rings. The van der Waals surface area contributed by atoms with Gasteiger partial charge in [0.2, 0.25) is 0 Å². The average Bonchev–Trinajstić information content (AvgIpc) is 3.21. The lowest BCUT2D eigenvalue weighted by molar-refractivity contribution is 0.276. The maximum Gasteiger partial charge on any atom is 0.192 e. The summed E-state index contributed by atoms with van der Waals surface area (Å²) in [4.78, 5) is 8.80. The van der Waals surface area contributed by atoms with E-state index in [1.54, 1.807) is 31.6 Å². The van der Waals surface area contributed by atoms with Gasteiger partial charge < -0.3 is 19.2 Å². The average molecular weight is 554 g/mol. The molecule has 38 heavy (non-hydrogen) atoms. The molecular formula is C28H36ClN5O3Si. The van der Waals surface area contributed by atoms with Gasteiger partial charge in [-0.15, -0.1) is 0 Å². The molecule has 202 valence electrons. The summed E-state index contributed by atoms with van der Waals surface area (Å²) in [5.74, 6) is 2.69. The molecule has 1 atom stereocenters. The van der Waals surface area contributed by atoms with Crippen LogP contribution in [0.1, 0.15) is 33.3 Å². The van der Waals surface area contributed by atoms with E-state index < -0.39 is 8.32 Å². The molecule has 1 aromatic carbocycles. The topological polar surface area (TPSA) is 83.3 Å². The highest BCUT2D eigenvalue weighted by Crippen LogP contribution is 2.37. The van der Waals surface area contributed by atoms with Crippen LogP contribution in [0, 0.1) is 0 Å². The molecular weight excluding hydrogens is 518 g/mol. The third-order valence-electron chi connectivity index (χ3n) is 6.90. The van der Waals surface area contributed by atoms with E-state index >= 15 is 0 Å². The zero-order valence-electron chi connectivity index (χ0n) is 23.1. The van der Waals surface area contributed by atoms with E-state index in [0.29, 0.717) is 41.3 Å². The smallest absolute Gasteiger partial charge is 0.192 e. The Morgan fingerprint density at radius 3 is 2.37 bits per heavy atom. The van der Waals surface area contributed by atoms with Crippen molar-refractivity contribution in [2.75, 3.05) is 19.0 Å². The predicted octanol–water partition coefficient (Wildman–Crippen LogP) is 7.15. The zero-order valence-corrected chi connectivity index (χ0v) is 24.8. The summed E-state index contributed by atoms with van der Waals surface area (Å²) >= 11 is 5.96. The maximum atomic E-state index is 6.46. The van der Waals surface area contributed by atoms with Gasteiger partial charge in [-0.2, -0.15) is 5.10 Å². The van der Waals surface area contributed by atoms with Gasteiger partial charge in [0.05, 0.1) is 26.5 Å². The summed E-state index contributed by atoms with van der Waals surface area (Å²) < 4.78 is 19.9. The van der Waals surface area contributed by atoms with Crippen molar-refractivity contribution in [3.8, 4) is 17.2 Å². The van der Waals surface area contributed by atoms with Crippen molar-refractivity contribution in [2.45, 2.75) is 58.4 Å². The number of nitrogens with zero attached hydrogens (tertiary/aromatic N) is 4. The first-order valence-electron chi connectivity index (χ1n) is 12.7. The van der Waals surface area contributed by atoms with Crippen LogP contribution in [0.5, 0.6) is 17.2 Å². The molecule has 4 rings (SSSR count). The van der Waals surface area contributed by atoms with Gasteiger partial charge in [-0.3, -0.25) is 0 Å². The summed E-state index contributed by atoms with van der Waals surface area (Å²) in [6.07, 6.45) is 3.32. The number of benzene rings is 1. The van der Waals surface area contributed by atoms with Gasteiger partial charge in [-0.05, 0) is 54.9 Å². The lowest BCUT2D eigenvalue weighted by Crippen LogP contribution is -2.43. The van der Waals surface area contributed by atoms with Gasteiger partial charge in [-0.25, -0.2) is 14.6 Å². The van der Waals surface area contributed by atoms with Crippen LogP contribution in [0.3, 0.4) is 0 Å². The van der Waals surface area contributed by atoms with E-state index in [9.17, 15) is 0 Å². The second-order valence-electron chi connectivity index (χ2n) is 10.9. The number of halogens is 1. The molecule has 0 saturated heterocycles. The van der Waals surface area contributed by atoms with Crippen LogP contribution in [0.4, 0.5) is 5.82 Å². The van der Waals surface area contributed by atoms with Crippen LogP contribution < -0.4 is 14.8 Å². The normalized spacial score (nSPS) is 12.9. The largest absolute Gasteiger partial charge is 0.497 e. The summed E-state index contributed by atoms with van der Waals surface area (Å²) in [7, 11) is -0.231. The van der Waals surface area contributed by atoms with E-state index in [-0.39, 0.29) is 11.1 Å². The molecule has 4 aromatic rings. The zero-order chi connectivity index (χ0) is 27.5. The van der Waals surface area contributed by atoms with Crippen molar-refractivity contribution >= 4 is 36.8 Å². The van der Waals surface area contributed by atoms with E-state index in [0.717, 1.165) is 16.7 Å². The molecule has 0 aliphatic rings. The molecule has 3 heterocycles. The second kappa shape index (κ2) is 11.3. The Bertz CT molecular complexity index is 1370. The quantitative estimate of drug-likeness (QED) is 0.165. The first kappa shape index (κ1) is 27.9. The number of anilines is 1. The Balaban J connectivity index is 1.67. The lowest BCUT2D eigenvalue weighted by atomic mass is 10.2. The van der Waals surface area contributed by atoms with Crippen LogP contribution in [0.25, 0.3) is 11.0 Å². The van der Waals surface area contributed by atoms with Crippen molar-refractivity contribution in [2.24, 2.45) is 0 Å². The standard InChI is InChI=1S/C28H36ClN5O3Si/c1-19(18-36-38(6,7)28(2,3)4)32-26-25-23(37-22-12-13-24(29)31-16-22)14-15-30-27(25)34(33-26)17-20-8-10-21(35-5)11-9-20/h8-16,19H,17-18H2,1-7H3,(H,32,33). The van der Waals surface area contributed by atoms with Crippen molar-refractivity contribution in [1.82, 2.24) is 19.7 Å². The number of nitrogens with one attached hydrogen (secondary N) is 1. The van der Waals surface area contributed by atoms with E-state index in [2.05, 4.69) is 56.1 Å². The Labute approximate surface area is 230 Å². The van der Waals surface area contributed by atoms with E-state index in [1.165, 1.54) is 0 Å². The number of aromatic nitrogens is 4. The van der Waals surface area contributed by atoms with Gasteiger partial charge in [-0.1, -0.05) is 44.5 Å². The molecule has 10 heteroatoms. The summed E-state index contributed by atoms with van der Waals surface area (Å²) in [5, 5.41) is 9.81. The lowest BCUT2D eigenvalue weighted by Gasteiger charge is -2.37. The van der Waals surface area contributed by atoms with E-state index in [1.807, 2.05) is 35.0 Å². The molecule has 1 unspecified atom stereocenters. The van der Waals surface area contributed by atoms with Gasteiger partial charge >= 0.3 is 0 Å². The second-order valence-corrected chi connectivity index (χ2v) is 16.1. The Morgan fingerprint density at radius 1 is 1.03 bits per heavy atom. The predicted molar refractivity (Wildman–Crippen MR) is 155 cm³/mol. The molecule has 0 saturated carbocycles. The molecule has 0 aliphatic heterocycles. The molecule has 0 radical (unpaired) electrons. The van der Waals surface area contributed by atoms with Crippen molar-refractivity contribution < 1.29 is 13.9 Å². The first-order chi connectivity index (χ1) is 18.0. The van der Waals surface area contributed by atoms with Gasteiger partial charge in [0.15, 0.2) is 19.8 Å². The van der Waals surface area contributed by atoms with Crippen molar-refractivity contribution in [1.29, 1.82) is 0 Å². The van der Waals surface area contributed by atoms with Crippen LogP contribution >= 0.6 is 11.6 Å². The number of hydrogen-bond acceptors (Lipinski definition) is 7. The minimum absolute atomic E-state index is 0.0157. The third kappa shape index (κ3) is 6.46. The Kier molecular flexibility index (Phi) is 8.30. The summed E-state index contributed by atoms with van der Waals surface area (Å²) in [6, 6.07) is 13.3. The number of hydrogen-bond donors (Lipinski definition) is 1. The molecule has 1 N–H and O–H groups in total. The van der Waals surface area contributed by atoms with Crippen LogP contribution in [0.15, 0.2) is 54.9 Å². The number of pyridine rings is 2. The first-order valence-corrected chi connectivity index (χ1v) is 15.9. The van der Waals surface area contributed by atoms with E-state index in [4.69, 9.17) is 30.6 Å². The van der Waals surface area contributed by atoms with Crippen LogP contribution in [-0.2, 0) is 11.0 Å². The number of rotatable bonds is 10. The van der Waals surface area contributed by atoms with Crippen molar-refractivity contribution in [3.63, 3.8) is 0 Å². The van der Waals surface area contributed by atoms with Crippen LogP contribution in [-0.4, -0.2) is 47.8 Å².